The van der Waals surface area contributed by atoms with E-state index in [0.717, 1.165) is 0 Å². The molecule has 0 aliphatic heterocycles. The van der Waals surface area contributed by atoms with E-state index in [1.165, 1.54) is 0 Å². The summed E-state index contributed by atoms with van der Waals surface area (Å²) in [7, 11) is 0. The number of Topliss-reactive ketones (excluding diaryl/α,β-unsaturated/α-hetero) is 1. The SMILES string of the molecule is CCOCC(=O)COc1ccccc1. The molecule has 0 N–H and O–H groups in total. The third-order valence-corrected chi connectivity index (χ3v) is 1.61. The van der Waals surface area contributed by atoms with Crippen LogP contribution in [-0.2, 0) is 9.53 Å². The summed E-state index contributed by atoms with van der Waals surface area (Å²) in [5.41, 5.74) is 0. The van der Waals surface area contributed by atoms with Crippen LogP contribution in [0.4, 0.5) is 0 Å². The van der Waals surface area contributed by atoms with E-state index in [4.69, 9.17) is 9.47 Å². The number of benzene rings is 1. The Morgan fingerprint density at radius 1 is 1.21 bits per heavy atom. The molecule has 0 saturated carbocycles. The minimum Gasteiger partial charge on any atom is -0.486 e. The van der Waals surface area contributed by atoms with Crippen LogP contribution in [0.1, 0.15) is 6.92 Å². The van der Waals surface area contributed by atoms with Crippen LogP contribution < -0.4 is 4.74 Å². The number of ether oxygens (including phenoxy) is 2. The summed E-state index contributed by atoms with van der Waals surface area (Å²) in [6.07, 6.45) is 0. The van der Waals surface area contributed by atoms with Gasteiger partial charge in [-0.25, -0.2) is 0 Å². The van der Waals surface area contributed by atoms with Gasteiger partial charge in [0.1, 0.15) is 19.0 Å². The molecule has 1 rings (SSSR count). The third kappa shape index (κ3) is 4.05. The number of carbonyl (C=O) groups is 1. The number of ketones is 1. The maximum Gasteiger partial charge on any atom is 0.195 e. The Labute approximate surface area is 83.6 Å². The van der Waals surface area contributed by atoms with Crippen molar-refractivity contribution in [1.82, 2.24) is 0 Å². The fourth-order valence-electron chi connectivity index (χ4n) is 0.938. The highest BCUT2D eigenvalue weighted by Gasteiger charge is 2.01. The van der Waals surface area contributed by atoms with Crippen LogP contribution in [0.15, 0.2) is 30.3 Å². The monoisotopic (exact) mass is 194 g/mol. The van der Waals surface area contributed by atoms with Gasteiger partial charge in [0, 0.05) is 6.61 Å². The molecule has 14 heavy (non-hydrogen) atoms. The van der Waals surface area contributed by atoms with E-state index < -0.39 is 0 Å². The topological polar surface area (TPSA) is 35.5 Å². The van der Waals surface area contributed by atoms with Crippen LogP contribution in [0.2, 0.25) is 0 Å². The number of hydrogen-bond acceptors (Lipinski definition) is 3. The number of para-hydroxylation sites is 1. The normalized spacial score (nSPS) is 9.79. The third-order valence-electron chi connectivity index (χ3n) is 1.61. The van der Waals surface area contributed by atoms with Gasteiger partial charge in [0.25, 0.3) is 0 Å². The van der Waals surface area contributed by atoms with Crippen LogP contribution in [0.25, 0.3) is 0 Å². The average Bonchev–Trinajstić information content (AvgIpc) is 2.25. The van der Waals surface area contributed by atoms with Gasteiger partial charge < -0.3 is 9.47 Å². The van der Waals surface area contributed by atoms with Crippen molar-refractivity contribution in [2.75, 3.05) is 19.8 Å². The van der Waals surface area contributed by atoms with Gasteiger partial charge in [-0.3, -0.25) is 4.79 Å². The Morgan fingerprint density at radius 2 is 1.93 bits per heavy atom. The highest BCUT2D eigenvalue weighted by Crippen LogP contribution is 2.07. The minimum atomic E-state index is -0.0456. The van der Waals surface area contributed by atoms with Gasteiger partial charge in [-0.2, -0.15) is 0 Å². The molecular formula is C11H14O3. The summed E-state index contributed by atoms with van der Waals surface area (Å²) in [4.78, 5) is 11.1. The lowest BCUT2D eigenvalue weighted by Gasteiger charge is -2.04. The van der Waals surface area contributed by atoms with E-state index in [2.05, 4.69) is 0 Å². The molecule has 0 fully saturated rings. The fraction of sp³-hybridized carbons (Fsp3) is 0.364. The second-order valence-electron chi connectivity index (χ2n) is 2.78. The predicted octanol–water partition coefficient (Wildman–Crippen LogP) is 1.67. The van der Waals surface area contributed by atoms with Crippen molar-refractivity contribution in [3.63, 3.8) is 0 Å². The highest BCUT2D eigenvalue weighted by molar-refractivity contribution is 5.81. The average molecular weight is 194 g/mol. The van der Waals surface area contributed by atoms with Crippen molar-refractivity contribution in [3.8, 4) is 5.75 Å². The zero-order valence-electron chi connectivity index (χ0n) is 8.23. The predicted molar refractivity (Wildman–Crippen MR) is 53.4 cm³/mol. The van der Waals surface area contributed by atoms with Crippen molar-refractivity contribution in [2.45, 2.75) is 6.92 Å². The lowest BCUT2D eigenvalue weighted by atomic mass is 10.3. The van der Waals surface area contributed by atoms with Crippen LogP contribution in [0.5, 0.6) is 5.75 Å². The smallest absolute Gasteiger partial charge is 0.195 e. The standard InChI is InChI=1S/C11H14O3/c1-2-13-8-10(12)9-14-11-6-4-3-5-7-11/h3-7H,2,8-9H2,1H3. The van der Waals surface area contributed by atoms with Gasteiger partial charge in [0.15, 0.2) is 5.78 Å². The Morgan fingerprint density at radius 3 is 2.57 bits per heavy atom. The van der Waals surface area contributed by atoms with E-state index in [0.29, 0.717) is 12.4 Å². The van der Waals surface area contributed by atoms with Gasteiger partial charge in [-0.15, -0.1) is 0 Å². The highest BCUT2D eigenvalue weighted by atomic mass is 16.5. The minimum absolute atomic E-state index is 0.0456. The first kappa shape index (κ1) is 10.7. The molecule has 0 saturated heterocycles. The summed E-state index contributed by atoms with van der Waals surface area (Å²) < 4.78 is 10.2. The summed E-state index contributed by atoms with van der Waals surface area (Å²) in [6.45, 7) is 2.61. The van der Waals surface area contributed by atoms with Gasteiger partial charge >= 0.3 is 0 Å². The van der Waals surface area contributed by atoms with Crippen molar-refractivity contribution in [1.29, 1.82) is 0 Å². The summed E-state index contributed by atoms with van der Waals surface area (Å²) >= 11 is 0. The lowest BCUT2D eigenvalue weighted by molar-refractivity contribution is -0.125. The first-order valence-electron chi connectivity index (χ1n) is 4.60. The van der Waals surface area contributed by atoms with Gasteiger partial charge in [0.2, 0.25) is 0 Å². The van der Waals surface area contributed by atoms with Gasteiger partial charge in [0.05, 0.1) is 0 Å². The number of hydrogen-bond donors (Lipinski definition) is 0. The van der Waals surface area contributed by atoms with Crippen molar-refractivity contribution >= 4 is 5.78 Å². The summed E-state index contributed by atoms with van der Waals surface area (Å²) in [5, 5.41) is 0. The molecule has 0 unspecified atom stereocenters. The van der Waals surface area contributed by atoms with Crippen LogP contribution >= 0.6 is 0 Å². The number of rotatable bonds is 6. The van der Waals surface area contributed by atoms with Gasteiger partial charge in [-0.1, -0.05) is 18.2 Å². The quantitative estimate of drug-likeness (QED) is 0.691. The molecule has 1 aromatic carbocycles. The Bertz CT molecular complexity index is 269. The Kier molecular flexibility index (Phi) is 4.72. The number of carbonyl (C=O) groups excluding carboxylic acids is 1. The molecule has 3 heteroatoms. The van der Waals surface area contributed by atoms with Crippen LogP contribution in [-0.4, -0.2) is 25.6 Å². The van der Waals surface area contributed by atoms with E-state index in [9.17, 15) is 4.79 Å². The molecule has 0 amide bonds. The molecule has 3 nitrogen and oxygen atoms in total. The second kappa shape index (κ2) is 6.16. The van der Waals surface area contributed by atoms with Crippen LogP contribution in [0.3, 0.4) is 0 Å². The fourth-order valence-corrected chi connectivity index (χ4v) is 0.938. The summed E-state index contributed by atoms with van der Waals surface area (Å²) in [6, 6.07) is 9.25. The summed E-state index contributed by atoms with van der Waals surface area (Å²) in [5.74, 6) is 0.660. The maximum absolute atomic E-state index is 11.1. The lowest BCUT2D eigenvalue weighted by Crippen LogP contribution is -2.17. The molecule has 0 bridgehead atoms. The molecule has 0 aromatic heterocycles. The van der Waals surface area contributed by atoms with E-state index in [1.807, 2.05) is 37.3 Å². The van der Waals surface area contributed by atoms with Crippen molar-refractivity contribution in [2.24, 2.45) is 0 Å². The zero-order chi connectivity index (χ0) is 10.2. The first-order chi connectivity index (χ1) is 6.83. The largest absolute Gasteiger partial charge is 0.486 e. The van der Waals surface area contributed by atoms with E-state index in [-0.39, 0.29) is 19.0 Å². The molecule has 0 atom stereocenters. The van der Waals surface area contributed by atoms with Crippen molar-refractivity contribution < 1.29 is 14.3 Å². The molecule has 1 aromatic rings. The van der Waals surface area contributed by atoms with Gasteiger partial charge in [-0.05, 0) is 19.1 Å². The van der Waals surface area contributed by atoms with E-state index >= 15 is 0 Å². The second-order valence-corrected chi connectivity index (χ2v) is 2.78. The van der Waals surface area contributed by atoms with Crippen molar-refractivity contribution in [3.05, 3.63) is 30.3 Å². The first-order valence-corrected chi connectivity index (χ1v) is 4.60. The molecule has 0 radical (unpaired) electrons. The Balaban J connectivity index is 2.24. The molecule has 76 valence electrons. The molecular weight excluding hydrogens is 180 g/mol. The molecule has 0 heterocycles. The zero-order valence-corrected chi connectivity index (χ0v) is 8.23. The van der Waals surface area contributed by atoms with Crippen LogP contribution in [0, 0.1) is 0 Å². The molecule has 0 spiro atoms. The van der Waals surface area contributed by atoms with E-state index in [1.54, 1.807) is 0 Å². The Hall–Kier alpha value is -1.35. The molecule has 0 aliphatic carbocycles. The molecule has 0 aliphatic rings. The maximum atomic E-state index is 11.1.